The lowest BCUT2D eigenvalue weighted by atomic mass is 9.94. The van der Waals surface area contributed by atoms with Crippen molar-refractivity contribution in [3.8, 4) is 0 Å². The lowest BCUT2D eigenvalue weighted by molar-refractivity contribution is -0.140. The number of sulfonamides is 1. The molecule has 7 nitrogen and oxygen atoms in total. The van der Waals surface area contributed by atoms with Crippen molar-refractivity contribution in [2.24, 2.45) is 0 Å². The summed E-state index contributed by atoms with van der Waals surface area (Å²) in [4.78, 5) is 29.6. The molecule has 4 aromatic carbocycles. The van der Waals surface area contributed by atoms with Crippen LogP contribution in [0.5, 0.6) is 0 Å². The van der Waals surface area contributed by atoms with Gasteiger partial charge in [0.1, 0.15) is 18.4 Å². The van der Waals surface area contributed by atoms with E-state index in [4.69, 9.17) is 11.6 Å². The van der Waals surface area contributed by atoms with Crippen LogP contribution < -0.4 is 9.62 Å². The molecule has 5 rings (SSSR count). The molecule has 2 amide bonds. The average molecular weight is 744 g/mol. The second-order valence-corrected chi connectivity index (χ2v) is 14.9. The number of aryl methyl sites for hydroxylation is 1. The zero-order valence-electron chi connectivity index (χ0n) is 27.9. The summed E-state index contributed by atoms with van der Waals surface area (Å²) < 4.78 is 86.2. The van der Waals surface area contributed by atoms with Crippen molar-refractivity contribution in [2.45, 2.75) is 75.1 Å². The molecule has 0 aliphatic heterocycles. The van der Waals surface area contributed by atoms with E-state index in [1.54, 1.807) is 43.3 Å². The van der Waals surface area contributed by atoms with Crippen LogP contribution in [0, 0.1) is 12.7 Å². The number of alkyl halides is 3. The summed E-state index contributed by atoms with van der Waals surface area (Å²) in [7, 11) is -4.68. The number of anilines is 1. The van der Waals surface area contributed by atoms with Crippen molar-refractivity contribution in [1.82, 2.24) is 10.2 Å². The van der Waals surface area contributed by atoms with Gasteiger partial charge in [0.25, 0.3) is 10.0 Å². The predicted molar refractivity (Wildman–Crippen MR) is 188 cm³/mol. The predicted octanol–water partition coefficient (Wildman–Crippen LogP) is 8.09. The number of hydrogen-bond donors (Lipinski definition) is 1. The highest BCUT2D eigenvalue weighted by Crippen LogP contribution is 2.38. The molecule has 4 aromatic rings. The van der Waals surface area contributed by atoms with Crippen LogP contribution in [0.4, 0.5) is 23.2 Å². The summed E-state index contributed by atoms with van der Waals surface area (Å²) in [5.41, 5.74) is -0.295. The molecule has 1 fully saturated rings. The third kappa shape index (κ3) is 9.48. The fraction of sp³-hybridized carbons (Fsp3) is 0.316. The lowest BCUT2D eigenvalue weighted by Crippen LogP contribution is -2.55. The summed E-state index contributed by atoms with van der Waals surface area (Å²) in [6.07, 6.45) is -0.589. The molecule has 1 aliphatic carbocycles. The van der Waals surface area contributed by atoms with E-state index < -0.39 is 69.2 Å². The van der Waals surface area contributed by atoms with Crippen LogP contribution >= 0.6 is 11.6 Å². The van der Waals surface area contributed by atoms with Crippen LogP contribution in [0.3, 0.4) is 0 Å². The number of nitrogens with one attached hydrogen (secondary N) is 1. The fourth-order valence-corrected chi connectivity index (χ4v) is 7.79. The first-order valence-corrected chi connectivity index (χ1v) is 18.4. The average Bonchev–Trinajstić information content (AvgIpc) is 3.10. The van der Waals surface area contributed by atoms with Gasteiger partial charge in [0.2, 0.25) is 11.8 Å². The summed E-state index contributed by atoms with van der Waals surface area (Å²) in [5.74, 6) is -2.09. The highest BCUT2D eigenvalue weighted by Gasteiger charge is 2.38. The topological polar surface area (TPSA) is 86.8 Å². The van der Waals surface area contributed by atoms with Gasteiger partial charge in [0, 0.05) is 24.6 Å². The SMILES string of the molecule is Cc1ccc(S(=O)(=O)N(CC(=O)N(Cc2ccccc2F)[C@H](Cc2ccccc2)C(=O)NC2CCCCC2)c2ccc(Cl)c(C(F)(F)F)c2)cc1. The van der Waals surface area contributed by atoms with Gasteiger partial charge in [-0.25, -0.2) is 12.8 Å². The van der Waals surface area contributed by atoms with E-state index in [9.17, 15) is 31.2 Å². The van der Waals surface area contributed by atoms with Crippen molar-refractivity contribution in [3.05, 3.63) is 130 Å². The Labute approximate surface area is 300 Å². The summed E-state index contributed by atoms with van der Waals surface area (Å²) in [6, 6.07) is 21.3. The van der Waals surface area contributed by atoms with Crippen LogP contribution in [0.15, 0.2) is 102 Å². The number of halogens is 5. The third-order valence-electron chi connectivity index (χ3n) is 8.95. The fourth-order valence-electron chi connectivity index (χ4n) is 6.16. The van der Waals surface area contributed by atoms with Crippen molar-refractivity contribution in [2.75, 3.05) is 10.8 Å². The zero-order valence-corrected chi connectivity index (χ0v) is 29.4. The molecular weight excluding hydrogens is 706 g/mol. The lowest BCUT2D eigenvalue weighted by Gasteiger charge is -2.35. The van der Waals surface area contributed by atoms with Gasteiger partial charge in [-0.3, -0.25) is 13.9 Å². The van der Waals surface area contributed by atoms with Gasteiger partial charge in [-0.1, -0.05) is 97.1 Å². The molecule has 51 heavy (non-hydrogen) atoms. The number of benzene rings is 4. The maximum absolute atomic E-state index is 15.2. The van der Waals surface area contributed by atoms with E-state index in [0.717, 1.165) is 54.7 Å². The molecule has 1 atom stereocenters. The van der Waals surface area contributed by atoms with Gasteiger partial charge < -0.3 is 10.2 Å². The molecule has 0 spiro atoms. The second kappa shape index (κ2) is 16.3. The van der Waals surface area contributed by atoms with Crippen molar-refractivity contribution >= 4 is 39.1 Å². The van der Waals surface area contributed by atoms with Crippen LogP contribution in [-0.4, -0.2) is 43.8 Å². The van der Waals surface area contributed by atoms with E-state index in [-0.39, 0.29) is 22.9 Å². The molecule has 0 heterocycles. The Balaban J connectivity index is 1.62. The molecular formula is C38H38ClF4N3O4S. The molecule has 1 N–H and O–H groups in total. The smallest absolute Gasteiger partial charge is 0.352 e. The standard InChI is InChI=1S/C38H38ClF4N3O4S/c1-26-16-19-31(20-17-26)51(49,50)46(30-18-21-33(39)32(23-30)38(41,42)43)25-36(47)45(24-28-12-8-9-15-34(28)40)35(22-27-10-4-2-5-11-27)37(48)44-29-13-6-3-7-14-29/h2,4-5,8-12,15-21,23,29,35H,3,6-7,13-14,22,24-25H2,1H3,(H,44,48)/t35-/m1/s1. The zero-order chi connectivity index (χ0) is 36.8. The van der Waals surface area contributed by atoms with Crippen molar-refractivity contribution in [3.63, 3.8) is 0 Å². The summed E-state index contributed by atoms with van der Waals surface area (Å²) in [5, 5.41) is 2.39. The first-order valence-electron chi connectivity index (χ1n) is 16.6. The van der Waals surface area contributed by atoms with E-state index in [2.05, 4.69) is 5.32 Å². The Morgan fingerprint density at radius 3 is 2.20 bits per heavy atom. The largest absolute Gasteiger partial charge is 0.417 e. The second-order valence-electron chi connectivity index (χ2n) is 12.6. The van der Waals surface area contributed by atoms with Crippen molar-refractivity contribution < 1.29 is 35.6 Å². The van der Waals surface area contributed by atoms with Gasteiger partial charge in [0.05, 0.1) is 21.2 Å². The Hall–Kier alpha value is -4.42. The number of nitrogens with zero attached hydrogens (tertiary/aromatic N) is 2. The molecule has 1 saturated carbocycles. The van der Waals surface area contributed by atoms with Crippen molar-refractivity contribution in [1.29, 1.82) is 0 Å². The monoisotopic (exact) mass is 743 g/mol. The van der Waals surface area contributed by atoms with Gasteiger partial charge in [-0.2, -0.15) is 13.2 Å². The van der Waals surface area contributed by atoms with Gasteiger partial charge in [-0.15, -0.1) is 0 Å². The molecule has 0 aromatic heterocycles. The molecule has 270 valence electrons. The van der Waals surface area contributed by atoms with Crippen LogP contribution in [0.2, 0.25) is 5.02 Å². The number of carbonyl (C=O) groups excluding carboxylic acids is 2. The number of carbonyl (C=O) groups is 2. The highest BCUT2D eigenvalue weighted by atomic mass is 35.5. The Morgan fingerprint density at radius 1 is 0.902 bits per heavy atom. The highest BCUT2D eigenvalue weighted by molar-refractivity contribution is 7.92. The summed E-state index contributed by atoms with van der Waals surface area (Å²) >= 11 is 5.89. The Morgan fingerprint density at radius 2 is 1.55 bits per heavy atom. The normalized spacial score (nSPS) is 14.5. The van der Waals surface area contributed by atoms with E-state index in [1.807, 2.05) is 0 Å². The maximum atomic E-state index is 15.2. The molecule has 0 bridgehead atoms. The molecule has 0 saturated heterocycles. The Kier molecular flexibility index (Phi) is 12.1. The van der Waals surface area contributed by atoms with Gasteiger partial charge in [-0.05, 0) is 61.7 Å². The van der Waals surface area contributed by atoms with Gasteiger partial charge in [0.15, 0.2) is 0 Å². The van der Waals surface area contributed by atoms with Gasteiger partial charge >= 0.3 is 6.18 Å². The minimum Gasteiger partial charge on any atom is -0.352 e. The molecule has 0 radical (unpaired) electrons. The first kappa shape index (κ1) is 37.8. The van der Waals surface area contributed by atoms with Crippen LogP contribution in [0.25, 0.3) is 0 Å². The quantitative estimate of drug-likeness (QED) is 0.149. The van der Waals surface area contributed by atoms with E-state index in [0.29, 0.717) is 15.9 Å². The first-order chi connectivity index (χ1) is 24.2. The number of amides is 2. The third-order valence-corrected chi connectivity index (χ3v) is 11.1. The maximum Gasteiger partial charge on any atom is 0.417 e. The van der Waals surface area contributed by atoms with E-state index in [1.165, 1.54) is 42.5 Å². The van der Waals surface area contributed by atoms with E-state index >= 15 is 4.39 Å². The minimum absolute atomic E-state index is 0.00344. The molecule has 1 aliphatic rings. The summed E-state index contributed by atoms with van der Waals surface area (Å²) in [6.45, 7) is 0.303. The van der Waals surface area contributed by atoms with Crippen LogP contribution in [0.1, 0.15) is 54.4 Å². The van der Waals surface area contributed by atoms with Crippen LogP contribution in [-0.2, 0) is 38.8 Å². The molecule has 13 heteroatoms. The number of rotatable bonds is 12. The number of hydrogen-bond acceptors (Lipinski definition) is 4. The molecule has 0 unspecified atom stereocenters. The Bertz CT molecular complexity index is 1940. The minimum atomic E-state index is -4.94.